The van der Waals surface area contributed by atoms with E-state index in [0.29, 0.717) is 17.2 Å². The van der Waals surface area contributed by atoms with E-state index in [-0.39, 0.29) is 0 Å². The molecule has 0 aliphatic heterocycles. The average Bonchev–Trinajstić information content (AvgIpc) is 3.14. The summed E-state index contributed by atoms with van der Waals surface area (Å²) in [5, 5.41) is 0. The first-order valence-electron chi connectivity index (χ1n) is 17.7. The molecule has 0 heterocycles. The minimum Gasteiger partial charge on any atom is -0.409 e. The van der Waals surface area contributed by atoms with Crippen LogP contribution in [-0.2, 0) is 38.5 Å². The predicted molar refractivity (Wildman–Crippen MR) is 201 cm³/mol. The van der Waals surface area contributed by atoms with Gasteiger partial charge in [-0.1, -0.05) is 91.0 Å². The van der Waals surface area contributed by atoms with Crippen LogP contribution in [0.4, 0.5) is 0 Å². The molecule has 0 atom stereocenters. The van der Waals surface area contributed by atoms with Gasteiger partial charge in [0.15, 0.2) is 0 Å². The SMILES string of the molecule is c1cc(-c2ccc(OP(Oc3ccc(-c4ccc5cc4CCC5)cc3)Oc3ccc(-c4ccc5cc4CCC5)cc3)cc2)c2cc1CCC2. The van der Waals surface area contributed by atoms with Crippen molar-refractivity contribution >= 4 is 8.60 Å². The van der Waals surface area contributed by atoms with Gasteiger partial charge < -0.3 is 13.6 Å². The number of fused-ring (bicyclic) bond motifs is 6. The summed E-state index contributed by atoms with van der Waals surface area (Å²) in [6, 6.07) is 45.6. The zero-order chi connectivity index (χ0) is 32.6. The van der Waals surface area contributed by atoms with Crippen molar-refractivity contribution in [1.82, 2.24) is 0 Å². The first-order valence-corrected chi connectivity index (χ1v) is 18.8. The lowest BCUT2D eigenvalue weighted by Crippen LogP contribution is -2.03. The van der Waals surface area contributed by atoms with E-state index in [9.17, 15) is 0 Å². The van der Waals surface area contributed by atoms with Crippen molar-refractivity contribution in [2.75, 3.05) is 0 Å². The van der Waals surface area contributed by atoms with Gasteiger partial charge in [0.25, 0.3) is 0 Å². The summed E-state index contributed by atoms with van der Waals surface area (Å²) in [4.78, 5) is 0. The van der Waals surface area contributed by atoms with Crippen LogP contribution in [0.3, 0.4) is 0 Å². The third kappa shape index (κ3) is 6.48. The van der Waals surface area contributed by atoms with Gasteiger partial charge in [0.2, 0.25) is 0 Å². The molecule has 6 bridgehead atoms. The van der Waals surface area contributed by atoms with Crippen molar-refractivity contribution < 1.29 is 13.6 Å². The van der Waals surface area contributed by atoms with Crippen LogP contribution in [0, 0.1) is 0 Å². The van der Waals surface area contributed by atoms with Gasteiger partial charge >= 0.3 is 8.60 Å². The molecule has 0 aromatic heterocycles. The fourth-order valence-electron chi connectivity index (χ4n) is 7.72. The highest BCUT2D eigenvalue weighted by Gasteiger charge is 2.21. The van der Waals surface area contributed by atoms with Crippen molar-refractivity contribution in [3.63, 3.8) is 0 Å². The van der Waals surface area contributed by atoms with Crippen LogP contribution in [-0.4, -0.2) is 0 Å². The van der Waals surface area contributed by atoms with Crippen molar-refractivity contribution in [3.05, 3.63) is 161 Å². The van der Waals surface area contributed by atoms with E-state index in [4.69, 9.17) is 13.6 Å². The summed E-state index contributed by atoms with van der Waals surface area (Å²) in [7, 11) is -1.79. The molecule has 3 aliphatic carbocycles. The van der Waals surface area contributed by atoms with Crippen LogP contribution in [0.5, 0.6) is 17.2 Å². The maximum atomic E-state index is 6.46. The molecule has 0 spiro atoms. The Morgan fingerprint density at radius 3 is 0.939 bits per heavy atom. The van der Waals surface area contributed by atoms with E-state index in [1.807, 2.05) is 36.4 Å². The summed E-state index contributed by atoms with van der Waals surface area (Å²) < 4.78 is 19.4. The summed E-state index contributed by atoms with van der Waals surface area (Å²) in [6.45, 7) is 0. The lowest BCUT2D eigenvalue weighted by Gasteiger charge is -2.20. The van der Waals surface area contributed by atoms with Gasteiger partial charge in [-0.05, 0) is 161 Å². The highest BCUT2D eigenvalue weighted by Crippen LogP contribution is 2.44. The second-order valence-corrected chi connectivity index (χ2v) is 14.6. The Morgan fingerprint density at radius 1 is 0.327 bits per heavy atom. The zero-order valence-corrected chi connectivity index (χ0v) is 28.6. The van der Waals surface area contributed by atoms with Gasteiger partial charge in [-0.25, -0.2) is 0 Å². The first kappa shape index (κ1) is 30.2. The Kier molecular flexibility index (Phi) is 8.15. The van der Waals surface area contributed by atoms with E-state index < -0.39 is 8.60 Å². The monoisotopic (exact) mass is 658 g/mol. The summed E-state index contributed by atoms with van der Waals surface area (Å²) in [5.74, 6) is 2.14. The molecule has 0 N–H and O–H groups in total. The van der Waals surface area contributed by atoms with Gasteiger partial charge in [-0.3, -0.25) is 0 Å². The molecule has 0 unspecified atom stereocenters. The molecule has 6 aromatic rings. The Morgan fingerprint density at radius 2 is 0.633 bits per heavy atom. The number of hydrogen-bond acceptors (Lipinski definition) is 3. The van der Waals surface area contributed by atoms with Gasteiger partial charge in [-0.15, -0.1) is 0 Å². The van der Waals surface area contributed by atoms with Gasteiger partial charge in [0.05, 0.1) is 0 Å². The van der Waals surface area contributed by atoms with E-state index in [0.717, 1.165) is 19.3 Å². The molecular formula is C45H39O3P. The van der Waals surface area contributed by atoms with E-state index in [1.54, 1.807) is 0 Å². The fourth-order valence-corrected chi connectivity index (χ4v) is 8.72. The Labute approximate surface area is 290 Å². The molecule has 0 radical (unpaired) electrons. The number of benzene rings is 6. The van der Waals surface area contributed by atoms with E-state index in [1.165, 1.54) is 105 Å². The lowest BCUT2D eigenvalue weighted by atomic mass is 9.89. The summed E-state index contributed by atoms with van der Waals surface area (Å²) >= 11 is 0. The van der Waals surface area contributed by atoms with Crippen LogP contribution in [0.2, 0.25) is 0 Å². The first-order chi connectivity index (χ1) is 24.2. The normalized spacial score (nSPS) is 14.4. The molecule has 3 nitrogen and oxygen atoms in total. The van der Waals surface area contributed by atoms with Crippen LogP contribution in [0.15, 0.2) is 127 Å². The highest BCUT2D eigenvalue weighted by atomic mass is 31.2. The minimum absolute atomic E-state index is 0.715. The Bertz CT molecular complexity index is 1870. The van der Waals surface area contributed by atoms with Crippen molar-refractivity contribution in [2.45, 2.75) is 57.8 Å². The standard InChI is InChI=1S/C45H39O3P/c1-4-31-10-25-43(37(7-1)28-31)34-13-19-40(20-14-34)46-49(47-41-21-15-35(16-22-41)44-26-11-32-5-2-8-38(44)29-32)48-42-23-17-36(18-24-42)45-27-12-33-6-3-9-39(45)30-33/h10-30H,1-9H2. The molecule has 4 heteroatoms. The largest absolute Gasteiger partial charge is 0.530 e. The summed E-state index contributed by atoms with van der Waals surface area (Å²) in [5.41, 5.74) is 16.1. The molecule has 3 aliphatic rings. The molecule has 242 valence electrons. The third-order valence-corrected chi connectivity index (χ3v) is 11.4. The quantitative estimate of drug-likeness (QED) is 0.145. The smallest absolute Gasteiger partial charge is 0.409 e. The van der Waals surface area contributed by atoms with Crippen molar-refractivity contribution in [2.24, 2.45) is 0 Å². The number of hydrogen-bond donors (Lipinski definition) is 0. The van der Waals surface area contributed by atoms with Gasteiger partial charge in [-0.2, -0.15) is 0 Å². The average molecular weight is 659 g/mol. The van der Waals surface area contributed by atoms with E-state index in [2.05, 4.69) is 91.0 Å². The topological polar surface area (TPSA) is 27.7 Å². The Hall–Kier alpha value is -4.85. The fraction of sp³-hybridized carbons (Fsp3) is 0.200. The second kappa shape index (κ2) is 13.2. The molecule has 9 rings (SSSR count). The molecule has 0 amide bonds. The molecule has 49 heavy (non-hydrogen) atoms. The van der Waals surface area contributed by atoms with Crippen LogP contribution in [0.1, 0.15) is 52.6 Å². The second-order valence-electron chi connectivity index (χ2n) is 13.6. The molecular weight excluding hydrogens is 619 g/mol. The van der Waals surface area contributed by atoms with Gasteiger partial charge in [0, 0.05) is 0 Å². The van der Waals surface area contributed by atoms with Crippen LogP contribution < -0.4 is 13.6 Å². The maximum Gasteiger partial charge on any atom is 0.530 e. The lowest BCUT2D eigenvalue weighted by molar-refractivity contribution is 0.388. The van der Waals surface area contributed by atoms with Crippen LogP contribution >= 0.6 is 8.60 Å². The van der Waals surface area contributed by atoms with Crippen LogP contribution in [0.25, 0.3) is 33.4 Å². The molecule has 6 aromatic carbocycles. The highest BCUT2D eigenvalue weighted by molar-refractivity contribution is 7.43. The van der Waals surface area contributed by atoms with Crippen molar-refractivity contribution in [3.8, 4) is 50.6 Å². The minimum atomic E-state index is -1.79. The molecule has 0 saturated carbocycles. The zero-order valence-electron chi connectivity index (χ0n) is 27.7. The Balaban J connectivity index is 0.962. The van der Waals surface area contributed by atoms with E-state index >= 15 is 0 Å². The predicted octanol–water partition coefficient (Wildman–Crippen LogP) is 11.9. The summed E-state index contributed by atoms with van der Waals surface area (Å²) in [6.07, 6.45) is 10.6. The molecule has 0 saturated heterocycles. The maximum absolute atomic E-state index is 6.46. The molecule has 0 fully saturated rings. The van der Waals surface area contributed by atoms with Crippen molar-refractivity contribution in [1.29, 1.82) is 0 Å². The third-order valence-electron chi connectivity index (χ3n) is 10.3. The number of aryl methyl sites for hydroxylation is 6. The van der Waals surface area contributed by atoms with Gasteiger partial charge in [0.1, 0.15) is 17.2 Å². The number of rotatable bonds is 9.